The molecule has 2 aliphatic heterocycles. The summed E-state index contributed by atoms with van der Waals surface area (Å²) in [5.74, 6) is 0.690. The van der Waals surface area contributed by atoms with E-state index in [4.69, 9.17) is 19.2 Å². The SMILES string of the molecule is CC1(C)OB(c2cnc(OCCCC3CCCN(CCO)C3)nc2)OC1(C)C. The summed E-state index contributed by atoms with van der Waals surface area (Å²) in [6, 6.07) is 0.394. The molecule has 3 heterocycles. The van der Waals surface area contributed by atoms with Gasteiger partial charge >= 0.3 is 13.1 Å². The lowest BCUT2D eigenvalue weighted by Gasteiger charge is -2.32. The van der Waals surface area contributed by atoms with Crippen LogP contribution in [0.5, 0.6) is 6.01 Å². The third kappa shape index (κ3) is 5.23. The highest BCUT2D eigenvalue weighted by atomic mass is 16.7. The molecule has 0 bridgehead atoms. The first-order chi connectivity index (χ1) is 13.3. The Morgan fingerprint density at radius 1 is 1.21 bits per heavy atom. The molecule has 156 valence electrons. The minimum atomic E-state index is -0.452. The second-order valence-corrected chi connectivity index (χ2v) is 8.91. The Balaban J connectivity index is 1.41. The van der Waals surface area contributed by atoms with Crippen LogP contribution in [0.1, 0.15) is 53.4 Å². The number of likely N-dealkylation sites (tertiary alicyclic amines) is 1. The quantitative estimate of drug-likeness (QED) is 0.533. The van der Waals surface area contributed by atoms with Gasteiger partial charge in [-0.25, -0.2) is 9.97 Å². The van der Waals surface area contributed by atoms with Crippen LogP contribution in [-0.4, -0.2) is 71.1 Å². The molecule has 3 rings (SSSR count). The van der Waals surface area contributed by atoms with Gasteiger partial charge in [0.05, 0.1) is 24.4 Å². The van der Waals surface area contributed by atoms with E-state index in [9.17, 15) is 0 Å². The zero-order chi connectivity index (χ0) is 20.2. The van der Waals surface area contributed by atoms with Gasteiger partial charge in [-0.2, -0.15) is 0 Å². The van der Waals surface area contributed by atoms with Crippen LogP contribution in [0.2, 0.25) is 0 Å². The van der Waals surface area contributed by atoms with Gasteiger partial charge < -0.3 is 24.1 Å². The Morgan fingerprint density at radius 2 is 1.89 bits per heavy atom. The van der Waals surface area contributed by atoms with Crippen molar-refractivity contribution >= 4 is 12.6 Å². The maximum atomic E-state index is 9.09. The van der Waals surface area contributed by atoms with Crippen LogP contribution >= 0.6 is 0 Å². The van der Waals surface area contributed by atoms with Crippen LogP contribution in [0.4, 0.5) is 0 Å². The second-order valence-electron chi connectivity index (χ2n) is 8.91. The van der Waals surface area contributed by atoms with E-state index in [0.29, 0.717) is 18.5 Å². The van der Waals surface area contributed by atoms with E-state index < -0.39 is 7.12 Å². The Bertz CT molecular complexity index is 608. The first kappa shape index (κ1) is 21.5. The van der Waals surface area contributed by atoms with Gasteiger partial charge in [-0.15, -0.1) is 0 Å². The lowest BCUT2D eigenvalue weighted by molar-refractivity contribution is 0.00578. The molecule has 2 fully saturated rings. The fraction of sp³-hybridized carbons (Fsp3) is 0.800. The summed E-state index contributed by atoms with van der Waals surface area (Å²) in [7, 11) is -0.452. The first-order valence-electron chi connectivity index (χ1n) is 10.4. The number of rotatable bonds is 8. The topological polar surface area (TPSA) is 76.9 Å². The maximum absolute atomic E-state index is 9.09. The van der Waals surface area contributed by atoms with Gasteiger partial charge in [0.1, 0.15) is 0 Å². The Labute approximate surface area is 168 Å². The zero-order valence-electron chi connectivity index (χ0n) is 17.7. The number of ether oxygens (including phenoxy) is 1. The van der Waals surface area contributed by atoms with Crippen molar-refractivity contribution in [2.45, 2.75) is 64.6 Å². The molecule has 0 amide bonds. The average Bonchev–Trinajstić information content (AvgIpc) is 2.87. The fourth-order valence-corrected chi connectivity index (χ4v) is 3.77. The minimum Gasteiger partial charge on any atom is -0.463 e. The van der Waals surface area contributed by atoms with Crippen LogP contribution in [0.25, 0.3) is 0 Å². The van der Waals surface area contributed by atoms with E-state index in [1.807, 2.05) is 27.7 Å². The molecule has 2 aliphatic rings. The van der Waals surface area contributed by atoms with Crippen molar-refractivity contribution in [1.29, 1.82) is 0 Å². The number of nitrogens with zero attached hydrogens (tertiary/aromatic N) is 3. The highest BCUT2D eigenvalue weighted by Crippen LogP contribution is 2.36. The number of β-amino-alcohol motifs (C(OH)–C–C–N with tert-alkyl or cyclic N) is 1. The van der Waals surface area contributed by atoms with E-state index >= 15 is 0 Å². The minimum absolute atomic E-state index is 0.245. The molecular weight excluding hydrogens is 357 g/mol. The van der Waals surface area contributed by atoms with E-state index in [2.05, 4.69) is 14.9 Å². The third-order valence-corrected chi connectivity index (χ3v) is 6.18. The number of aromatic nitrogens is 2. The standard InChI is InChI=1S/C20H34BN3O4/c1-19(2)20(3,4)28-21(27-19)17-13-22-18(23-14-17)26-12-6-8-16-7-5-9-24(15-16)10-11-25/h13-14,16,25H,5-12,15H2,1-4H3. The van der Waals surface area contributed by atoms with Crippen LogP contribution in [0, 0.1) is 5.92 Å². The van der Waals surface area contributed by atoms with Gasteiger partial charge in [-0.1, -0.05) is 0 Å². The Kier molecular flexibility index (Phi) is 6.96. The van der Waals surface area contributed by atoms with Crippen LogP contribution in [0.15, 0.2) is 12.4 Å². The molecule has 28 heavy (non-hydrogen) atoms. The molecule has 2 saturated heterocycles. The van der Waals surface area contributed by atoms with E-state index in [1.54, 1.807) is 12.4 Å². The van der Waals surface area contributed by atoms with Gasteiger partial charge in [0.25, 0.3) is 0 Å². The van der Waals surface area contributed by atoms with E-state index in [-0.39, 0.29) is 17.8 Å². The van der Waals surface area contributed by atoms with Crippen molar-refractivity contribution in [2.24, 2.45) is 5.92 Å². The molecular formula is C20H34BN3O4. The van der Waals surface area contributed by atoms with Crippen molar-refractivity contribution in [3.63, 3.8) is 0 Å². The van der Waals surface area contributed by atoms with Crippen LogP contribution < -0.4 is 10.2 Å². The predicted molar refractivity (Wildman–Crippen MR) is 109 cm³/mol. The summed E-state index contributed by atoms with van der Waals surface area (Å²) in [6.45, 7) is 12.0. The number of hydrogen-bond acceptors (Lipinski definition) is 7. The normalized spacial score (nSPS) is 24.5. The summed E-state index contributed by atoms with van der Waals surface area (Å²) in [4.78, 5) is 11.0. The lowest BCUT2D eigenvalue weighted by atomic mass is 9.81. The average molecular weight is 391 g/mol. The molecule has 1 N–H and O–H groups in total. The monoisotopic (exact) mass is 391 g/mol. The van der Waals surface area contributed by atoms with Gasteiger partial charge in [0, 0.05) is 30.9 Å². The van der Waals surface area contributed by atoms with Gasteiger partial charge in [-0.3, -0.25) is 0 Å². The summed E-state index contributed by atoms with van der Waals surface area (Å²) in [5, 5.41) is 9.09. The van der Waals surface area contributed by atoms with Crippen molar-refractivity contribution < 1.29 is 19.2 Å². The molecule has 0 radical (unpaired) electrons. The largest absolute Gasteiger partial charge is 0.498 e. The smallest absolute Gasteiger partial charge is 0.463 e. The molecule has 1 unspecified atom stereocenters. The van der Waals surface area contributed by atoms with Crippen molar-refractivity contribution in [1.82, 2.24) is 14.9 Å². The second kappa shape index (κ2) is 9.07. The third-order valence-electron chi connectivity index (χ3n) is 6.18. The number of aliphatic hydroxyl groups excluding tert-OH is 1. The summed E-state index contributed by atoms with van der Waals surface area (Å²) < 4.78 is 17.8. The number of hydrogen-bond donors (Lipinski definition) is 1. The van der Waals surface area contributed by atoms with E-state index in [0.717, 1.165) is 37.9 Å². The van der Waals surface area contributed by atoms with Crippen molar-refractivity contribution in [3.05, 3.63) is 12.4 Å². The highest BCUT2D eigenvalue weighted by molar-refractivity contribution is 6.61. The van der Waals surface area contributed by atoms with Gasteiger partial charge in [0.15, 0.2) is 0 Å². The number of piperidine rings is 1. The fourth-order valence-electron chi connectivity index (χ4n) is 3.77. The Hall–Kier alpha value is -1.22. The predicted octanol–water partition coefficient (Wildman–Crippen LogP) is 1.64. The van der Waals surface area contributed by atoms with Crippen LogP contribution in [0.3, 0.4) is 0 Å². The lowest BCUT2D eigenvalue weighted by Crippen LogP contribution is -2.41. The molecule has 1 atom stereocenters. The molecule has 0 spiro atoms. The van der Waals surface area contributed by atoms with Crippen molar-refractivity contribution in [3.8, 4) is 6.01 Å². The molecule has 1 aromatic heterocycles. The molecule has 0 saturated carbocycles. The zero-order valence-corrected chi connectivity index (χ0v) is 17.7. The molecule has 0 aromatic carbocycles. The summed E-state index contributed by atoms with van der Waals surface area (Å²) >= 11 is 0. The van der Waals surface area contributed by atoms with Gasteiger partial charge in [0.2, 0.25) is 0 Å². The molecule has 1 aromatic rings. The molecule has 0 aliphatic carbocycles. The molecule has 8 heteroatoms. The first-order valence-corrected chi connectivity index (χ1v) is 10.4. The van der Waals surface area contributed by atoms with Crippen molar-refractivity contribution in [2.75, 3.05) is 32.8 Å². The van der Waals surface area contributed by atoms with E-state index in [1.165, 1.54) is 12.8 Å². The Morgan fingerprint density at radius 3 is 2.54 bits per heavy atom. The molecule has 7 nitrogen and oxygen atoms in total. The summed E-state index contributed by atoms with van der Waals surface area (Å²) in [6.07, 6.45) is 8.04. The van der Waals surface area contributed by atoms with Crippen LogP contribution in [-0.2, 0) is 9.31 Å². The summed E-state index contributed by atoms with van der Waals surface area (Å²) in [5.41, 5.74) is 0.0504. The van der Waals surface area contributed by atoms with Gasteiger partial charge in [-0.05, 0) is 65.8 Å². The maximum Gasteiger partial charge on any atom is 0.498 e. The highest BCUT2D eigenvalue weighted by Gasteiger charge is 2.51. The number of aliphatic hydroxyl groups is 1.